The van der Waals surface area contributed by atoms with E-state index in [9.17, 15) is 0 Å². The zero-order chi connectivity index (χ0) is 3.54. The summed E-state index contributed by atoms with van der Waals surface area (Å²) in [6.07, 6.45) is 2.81. The van der Waals surface area contributed by atoms with Crippen molar-refractivity contribution in [3.05, 3.63) is 12.5 Å². The van der Waals surface area contributed by atoms with E-state index >= 15 is 0 Å². The highest BCUT2D eigenvalue weighted by atomic mass is 16.9. The van der Waals surface area contributed by atoms with Crippen molar-refractivity contribution in [2.75, 3.05) is 0 Å². The van der Waals surface area contributed by atoms with Crippen LogP contribution in [0.3, 0.4) is 0 Å². The average molecular weight is 73.1 g/mol. The molecule has 0 aliphatic carbocycles. The molecule has 0 amide bonds. The summed E-state index contributed by atoms with van der Waals surface area (Å²) in [4.78, 5) is 8.58. The van der Waals surface area contributed by atoms with Crippen LogP contribution in [0.15, 0.2) is 12.5 Å². The van der Waals surface area contributed by atoms with Crippen LogP contribution in [0.4, 0.5) is 0 Å². The van der Waals surface area contributed by atoms with Gasteiger partial charge in [0.25, 0.3) is 0 Å². The van der Waals surface area contributed by atoms with E-state index in [1.165, 1.54) is 12.5 Å². The molecule has 0 aromatic rings. The Morgan fingerprint density at radius 3 is 2.00 bits per heavy atom. The molecule has 1 heterocycles. The highest BCUT2D eigenvalue weighted by Gasteiger charge is 1.80. The molecule has 3 heteroatoms. The summed E-state index contributed by atoms with van der Waals surface area (Å²) in [6, 6.07) is 0. The SMILES string of the molecule is C1=CONO1. The van der Waals surface area contributed by atoms with Gasteiger partial charge in [-0.25, -0.2) is 0 Å². The van der Waals surface area contributed by atoms with E-state index in [0.717, 1.165) is 0 Å². The van der Waals surface area contributed by atoms with Crippen molar-refractivity contribution in [3.8, 4) is 0 Å². The third kappa shape index (κ3) is 0.302. The second kappa shape index (κ2) is 0.944. The fourth-order valence-electron chi connectivity index (χ4n) is 0.139. The number of hydrogen-bond acceptors (Lipinski definition) is 3. The highest BCUT2D eigenvalue weighted by Crippen LogP contribution is 1.80. The van der Waals surface area contributed by atoms with Crippen molar-refractivity contribution in [2.45, 2.75) is 0 Å². The van der Waals surface area contributed by atoms with Gasteiger partial charge < -0.3 is 9.68 Å². The minimum Gasteiger partial charge on any atom is -0.378 e. The second-order valence-corrected chi connectivity index (χ2v) is 0.591. The van der Waals surface area contributed by atoms with Crippen LogP contribution < -0.4 is 5.64 Å². The van der Waals surface area contributed by atoms with Gasteiger partial charge in [-0.3, -0.25) is 0 Å². The van der Waals surface area contributed by atoms with Crippen LogP contribution >= 0.6 is 0 Å². The minimum absolute atomic E-state index is 1.40. The number of rotatable bonds is 0. The second-order valence-electron chi connectivity index (χ2n) is 0.591. The van der Waals surface area contributed by atoms with Gasteiger partial charge in [0.2, 0.25) is 0 Å². The maximum Gasteiger partial charge on any atom is 0.152 e. The Kier molecular flexibility index (Phi) is 0.478. The van der Waals surface area contributed by atoms with Crippen LogP contribution in [-0.2, 0) is 9.68 Å². The molecular weight excluding hydrogens is 70.0 g/mol. The van der Waals surface area contributed by atoms with Gasteiger partial charge in [0.05, 0.1) is 0 Å². The van der Waals surface area contributed by atoms with Gasteiger partial charge in [-0.05, 0) is 0 Å². The minimum atomic E-state index is 1.40. The molecule has 0 saturated carbocycles. The monoisotopic (exact) mass is 73.0 g/mol. The topological polar surface area (TPSA) is 30.5 Å². The summed E-state index contributed by atoms with van der Waals surface area (Å²) >= 11 is 0. The van der Waals surface area contributed by atoms with Gasteiger partial charge >= 0.3 is 0 Å². The summed E-state index contributed by atoms with van der Waals surface area (Å²) in [5.41, 5.74) is 2.11. The van der Waals surface area contributed by atoms with E-state index in [4.69, 9.17) is 0 Å². The summed E-state index contributed by atoms with van der Waals surface area (Å²) < 4.78 is 0. The maximum atomic E-state index is 4.29. The molecule has 0 unspecified atom stereocenters. The molecule has 0 radical (unpaired) electrons. The van der Waals surface area contributed by atoms with E-state index in [1.54, 1.807) is 0 Å². The molecule has 0 fully saturated rings. The van der Waals surface area contributed by atoms with E-state index in [1.807, 2.05) is 0 Å². The molecule has 1 rings (SSSR count). The fourth-order valence-corrected chi connectivity index (χ4v) is 0.139. The first-order chi connectivity index (χ1) is 2.50. The quantitative estimate of drug-likeness (QED) is 0.435. The van der Waals surface area contributed by atoms with Crippen LogP contribution in [0.25, 0.3) is 0 Å². The van der Waals surface area contributed by atoms with E-state index in [2.05, 4.69) is 15.3 Å². The van der Waals surface area contributed by atoms with Crippen LogP contribution in [0.1, 0.15) is 0 Å². The zero-order valence-electron chi connectivity index (χ0n) is 2.47. The van der Waals surface area contributed by atoms with Crippen molar-refractivity contribution in [1.29, 1.82) is 0 Å². The molecule has 0 spiro atoms. The summed E-state index contributed by atoms with van der Waals surface area (Å²) in [7, 11) is 0. The number of nitrogens with one attached hydrogen (secondary N) is 1. The molecule has 28 valence electrons. The lowest BCUT2D eigenvalue weighted by molar-refractivity contribution is -0.0486. The lowest BCUT2D eigenvalue weighted by Crippen LogP contribution is -1.99. The van der Waals surface area contributed by atoms with Crippen molar-refractivity contribution in [1.82, 2.24) is 5.64 Å². The first kappa shape index (κ1) is 2.53. The standard InChI is InChI=1S/C2H3NO2/c1-2-5-3-4-1/h1-3H. The lowest BCUT2D eigenvalue weighted by Gasteiger charge is -1.83. The molecule has 3 nitrogen and oxygen atoms in total. The molecule has 0 aromatic carbocycles. The van der Waals surface area contributed by atoms with E-state index < -0.39 is 0 Å². The third-order valence-corrected chi connectivity index (χ3v) is 0.288. The zero-order valence-corrected chi connectivity index (χ0v) is 2.47. The summed E-state index contributed by atoms with van der Waals surface area (Å²) in [5.74, 6) is 0. The summed E-state index contributed by atoms with van der Waals surface area (Å²) in [5, 5.41) is 0. The molecule has 5 heavy (non-hydrogen) atoms. The van der Waals surface area contributed by atoms with Crippen molar-refractivity contribution < 1.29 is 9.68 Å². The van der Waals surface area contributed by atoms with E-state index in [0.29, 0.717) is 0 Å². The third-order valence-electron chi connectivity index (χ3n) is 0.288. The molecule has 0 aromatic heterocycles. The maximum absolute atomic E-state index is 4.29. The van der Waals surface area contributed by atoms with Crippen LogP contribution in [0.2, 0.25) is 0 Å². The van der Waals surface area contributed by atoms with Gasteiger partial charge in [-0.2, -0.15) is 0 Å². The van der Waals surface area contributed by atoms with Crippen molar-refractivity contribution in [3.63, 3.8) is 0 Å². The van der Waals surface area contributed by atoms with Gasteiger partial charge in [-0.15, -0.1) is 0 Å². The molecule has 1 aliphatic heterocycles. The molecule has 1 N–H and O–H groups in total. The Bertz CT molecular complexity index is 45.6. The first-order valence-electron chi connectivity index (χ1n) is 1.21. The molecule has 0 bridgehead atoms. The Labute approximate surface area is 29.1 Å². The van der Waals surface area contributed by atoms with E-state index in [-0.39, 0.29) is 0 Å². The van der Waals surface area contributed by atoms with Crippen LogP contribution in [0.5, 0.6) is 0 Å². The molecule has 1 aliphatic rings. The molecular formula is C2H3NO2. The van der Waals surface area contributed by atoms with Crippen molar-refractivity contribution >= 4 is 0 Å². The Hall–Kier alpha value is -0.700. The Morgan fingerprint density at radius 2 is 1.80 bits per heavy atom. The number of hydrogen-bond donors (Lipinski definition) is 1. The fraction of sp³-hybridized carbons (Fsp3) is 0. The van der Waals surface area contributed by atoms with Crippen LogP contribution in [0, 0.1) is 0 Å². The van der Waals surface area contributed by atoms with Crippen molar-refractivity contribution in [2.24, 2.45) is 0 Å². The average Bonchev–Trinajstić information content (AvgIpc) is 1.76. The normalized spacial score (nSPS) is 17.6. The predicted molar refractivity (Wildman–Crippen MR) is 14.4 cm³/mol. The predicted octanol–water partition coefficient (Wildman–Crippen LogP) is -0.0760. The molecule has 0 atom stereocenters. The Morgan fingerprint density at radius 1 is 1.20 bits per heavy atom. The lowest BCUT2D eigenvalue weighted by atomic mass is 11.1. The Balaban J connectivity index is 2.32. The summed E-state index contributed by atoms with van der Waals surface area (Å²) in [6.45, 7) is 0. The molecule has 0 saturated heterocycles. The van der Waals surface area contributed by atoms with Gasteiger partial charge in [0, 0.05) is 5.64 Å². The van der Waals surface area contributed by atoms with Gasteiger partial charge in [0.1, 0.15) is 0 Å². The van der Waals surface area contributed by atoms with Gasteiger partial charge in [0.15, 0.2) is 12.5 Å². The van der Waals surface area contributed by atoms with Gasteiger partial charge in [-0.1, -0.05) is 0 Å². The highest BCUT2D eigenvalue weighted by molar-refractivity contribution is 4.59. The van der Waals surface area contributed by atoms with Crippen LogP contribution in [-0.4, -0.2) is 0 Å². The smallest absolute Gasteiger partial charge is 0.152 e. The largest absolute Gasteiger partial charge is 0.378 e. The first-order valence-corrected chi connectivity index (χ1v) is 1.21.